The van der Waals surface area contributed by atoms with Crippen molar-refractivity contribution in [2.45, 2.75) is 77.8 Å². The van der Waals surface area contributed by atoms with Crippen molar-refractivity contribution in [3.63, 3.8) is 0 Å². The smallest absolute Gasteiger partial charge is 0.407 e. The summed E-state index contributed by atoms with van der Waals surface area (Å²) < 4.78 is 0. The summed E-state index contributed by atoms with van der Waals surface area (Å²) >= 11 is 0. The third-order valence-electron chi connectivity index (χ3n) is 4.02. The lowest BCUT2D eigenvalue weighted by molar-refractivity contribution is 0.135. The second-order valence-electron chi connectivity index (χ2n) is 7.74. The molecule has 2 rings (SSSR count). The van der Waals surface area contributed by atoms with Crippen LogP contribution < -0.4 is 5.32 Å². The first-order valence-electron chi connectivity index (χ1n) is 7.88. The van der Waals surface area contributed by atoms with Crippen molar-refractivity contribution in [2.24, 2.45) is 5.92 Å². The average molecular weight is 284 g/mol. The van der Waals surface area contributed by atoms with Gasteiger partial charge in [0.1, 0.15) is 0 Å². The molecule has 0 aromatic rings. The van der Waals surface area contributed by atoms with Crippen LogP contribution in [0.1, 0.15) is 66.7 Å². The zero-order chi connectivity index (χ0) is 15.4. The fourth-order valence-corrected chi connectivity index (χ4v) is 3.92. The van der Waals surface area contributed by atoms with Crippen molar-refractivity contribution in [2.75, 3.05) is 13.1 Å². The summed E-state index contributed by atoms with van der Waals surface area (Å²) in [7, 11) is 0. The van der Waals surface area contributed by atoms with Gasteiger partial charge in [0.05, 0.1) is 0 Å². The fourth-order valence-electron chi connectivity index (χ4n) is 3.92. The zero-order valence-corrected chi connectivity index (χ0v) is 13.8. The number of hydrogen-bond acceptors (Lipinski definition) is 2. The van der Waals surface area contributed by atoms with Gasteiger partial charge in [0.15, 0.2) is 0 Å². The van der Waals surface area contributed by atoms with E-state index in [2.05, 4.69) is 39.9 Å². The topological polar surface area (TPSA) is 52.6 Å². The predicted octanol–water partition coefficient (Wildman–Crippen LogP) is 3.71. The van der Waals surface area contributed by atoms with Crippen LogP contribution >= 0.6 is 0 Å². The van der Waals surface area contributed by atoms with Crippen molar-refractivity contribution in [1.29, 1.82) is 0 Å². The van der Waals surface area contributed by atoms with Gasteiger partial charge in [0.25, 0.3) is 0 Å². The van der Waals surface area contributed by atoms with Crippen molar-refractivity contribution in [3.8, 4) is 0 Å². The second kappa shape index (κ2) is 6.79. The minimum Gasteiger partial charge on any atom is -0.465 e. The van der Waals surface area contributed by atoms with E-state index >= 15 is 0 Å². The predicted molar refractivity (Wildman–Crippen MR) is 83.1 cm³/mol. The summed E-state index contributed by atoms with van der Waals surface area (Å²) in [5, 5.41) is 12.1. The van der Waals surface area contributed by atoms with Gasteiger partial charge in [-0.3, -0.25) is 0 Å². The Morgan fingerprint density at radius 1 is 1.05 bits per heavy atom. The van der Waals surface area contributed by atoms with E-state index in [1.54, 1.807) is 0 Å². The van der Waals surface area contributed by atoms with Crippen molar-refractivity contribution in [1.82, 2.24) is 10.2 Å². The van der Waals surface area contributed by atoms with Crippen molar-refractivity contribution in [3.05, 3.63) is 0 Å². The van der Waals surface area contributed by atoms with Gasteiger partial charge in [-0.15, -0.1) is 0 Å². The van der Waals surface area contributed by atoms with Crippen molar-refractivity contribution < 1.29 is 9.90 Å². The number of amides is 1. The molecule has 2 aliphatic rings. The van der Waals surface area contributed by atoms with Crippen LogP contribution in [0.5, 0.6) is 0 Å². The molecular weight excluding hydrogens is 252 g/mol. The van der Waals surface area contributed by atoms with E-state index in [1.807, 2.05) is 0 Å². The molecule has 2 fully saturated rings. The lowest BCUT2D eigenvalue weighted by atomic mass is 9.77. The molecule has 2 saturated heterocycles. The number of nitrogens with zero attached hydrogens (tertiary/aromatic N) is 1. The highest BCUT2D eigenvalue weighted by Crippen LogP contribution is 2.31. The van der Waals surface area contributed by atoms with Crippen molar-refractivity contribution >= 4 is 6.09 Å². The standard InChI is InChI=1S/C10H21N.C6H11NO2/c1-8-6-9(2,3)11-10(4,5)7-8;8-6(9)7-4-2-1-3-5-7/h8,11H,6-7H2,1-5H3;1-5H2,(H,8,9). The average Bonchev–Trinajstić information content (AvgIpc) is 2.25. The Bertz CT molecular complexity index is 304. The number of rotatable bonds is 0. The molecule has 4 heteroatoms. The summed E-state index contributed by atoms with van der Waals surface area (Å²) in [5.41, 5.74) is 0.669. The highest BCUT2D eigenvalue weighted by atomic mass is 16.4. The Kier molecular flexibility index (Phi) is 5.87. The summed E-state index contributed by atoms with van der Waals surface area (Å²) in [5.74, 6) is 0.862. The molecule has 4 nitrogen and oxygen atoms in total. The molecule has 0 radical (unpaired) electrons. The van der Waals surface area contributed by atoms with Crippen LogP contribution in [0.15, 0.2) is 0 Å². The SMILES string of the molecule is CC1CC(C)(C)NC(C)(C)C1.O=C(O)N1CCCCC1. The maximum Gasteiger partial charge on any atom is 0.407 e. The number of carbonyl (C=O) groups is 1. The first-order valence-corrected chi connectivity index (χ1v) is 7.88. The maximum absolute atomic E-state index is 10.3. The van der Waals surface area contributed by atoms with E-state index in [0.717, 1.165) is 31.8 Å². The minimum atomic E-state index is -0.769. The summed E-state index contributed by atoms with van der Waals surface area (Å²) in [6.07, 6.45) is 5.09. The third kappa shape index (κ3) is 6.12. The summed E-state index contributed by atoms with van der Waals surface area (Å²) in [4.78, 5) is 11.8. The van der Waals surface area contributed by atoms with Gasteiger partial charge >= 0.3 is 6.09 Å². The first-order chi connectivity index (χ1) is 9.11. The van der Waals surface area contributed by atoms with Crippen LogP contribution in [-0.2, 0) is 0 Å². The Morgan fingerprint density at radius 2 is 1.50 bits per heavy atom. The first kappa shape index (κ1) is 17.3. The quantitative estimate of drug-likeness (QED) is 0.713. The summed E-state index contributed by atoms with van der Waals surface area (Å²) in [6.45, 7) is 13.0. The fraction of sp³-hybridized carbons (Fsp3) is 0.938. The molecule has 0 aromatic heterocycles. The zero-order valence-electron chi connectivity index (χ0n) is 13.8. The molecule has 2 heterocycles. The molecule has 2 aliphatic heterocycles. The molecule has 20 heavy (non-hydrogen) atoms. The number of carboxylic acid groups (broad SMARTS) is 1. The van der Waals surface area contributed by atoms with Crippen LogP contribution in [0.25, 0.3) is 0 Å². The Hall–Kier alpha value is -0.770. The molecule has 118 valence electrons. The molecule has 0 saturated carbocycles. The van der Waals surface area contributed by atoms with Crippen LogP contribution in [0.4, 0.5) is 4.79 Å². The van der Waals surface area contributed by atoms with Gasteiger partial charge in [-0.2, -0.15) is 0 Å². The maximum atomic E-state index is 10.3. The second-order valence-corrected chi connectivity index (χ2v) is 7.74. The van der Waals surface area contributed by atoms with Gasteiger partial charge in [0, 0.05) is 24.2 Å². The summed E-state index contributed by atoms with van der Waals surface area (Å²) in [6, 6.07) is 0. The van der Waals surface area contributed by atoms with Crippen LogP contribution in [-0.4, -0.2) is 40.3 Å². The van der Waals surface area contributed by atoms with Crippen LogP contribution in [0.3, 0.4) is 0 Å². The highest BCUT2D eigenvalue weighted by molar-refractivity contribution is 5.64. The minimum absolute atomic E-state index is 0.334. The molecule has 0 aliphatic carbocycles. The van der Waals surface area contributed by atoms with Gasteiger partial charge in [0.2, 0.25) is 0 Å². The molecule has 1 amide bonds. The van der Waals surface area contributed by atoms with Gasteiger partial charge in [-0.25, -0.2) is 4.79 Å². The Morgan fingerprint density at radius 3 is 1.80 bits per heavy atom. The van der Waals surface area contributed by atoms with E-state index in [0.29, 0.717) is 11.1 Å². The molecule has 2 N–H and O–H groups in total. The lowest BCUT2D eigenvalue weighted by Crippen LogP contribution is -2.57. The number of likely N-dealkylation sites (tertiary alicyclic amines) is 1. The number of hydrogen-bond donors (Lipinski definition) is 2. The van der Waals surface area contributed by atoms with Gasteiger partial charge in [-0.1, -0.05) is 6.92 Å². The van der Waals surface area contributed by atoms with E-state index in [1.165, 1.54) is 24.2 Å². The van der Waals surface area contributed by atoms with E-state index in [4.69, 9.17) is 5.11 Å². The highest BCUT2D eigenvalue weighted by Gasteiger charge is 2.35. The number of nitrogens with one attached hydrogen (secondary N) is 1. The van der Waals surface area contributed by atoms with Crippen LogP contribution in [0.2, 0.25) is 0 Å². The van der Waals surface area contributed by atoms with E-state index < -0.39 is 6.09 Å². The van der Waals surface area contributed by atoms with Crippen LogP contribution in [0, 0.1) is 5.92 Å². The monoisotopic (exact) mass is 284 g/mol. The lowest BCUT2D eigenvalue weighted by Gasteiger charge is -2.45. The van der Waals surface area contributed by atoms with Gasteiger partial charge < -0.3 is 15.3 Å². The molecule has 0 bridgehead atoms. The Balaban J connectivity index is 0.000000204. The molecule has 0 spiro atoms. The normalized spacial score (nSPS) is 25.6. The van der Waals surface area contributed by atoms with Gasteiger partial charge in [-0.05, 0) is 65.7 Å². The molecule has 0 unspecified atom stereocenters. The molecular formula is C16H32N2O2. The molecule has 0 aromatic carbocycles. The van der Waals surface area contributed by atoms with E-state index in [-0.39, 0.29) is 0 Å². The molecule has 0 atom stereocenters. The third-order valence-corrected chi connectivity index (χ3v) is 4.02. The largest absolute Gasteiger partial charge is 0.465 e. The van der Waals surface area contributed by atoms with E-state index in [9.17, 15) is 4.79 Å². The number of piperidine rings is 2. The Labute approximate surface area is 123 Å².